The lowest BCUT2D eigenvalue weighted by atomic mass is 9.84. The highest BCUT2D eigenvalue weighted by Gasteiger charge is 2.47. The second-order valence-electron chi connectivity index (χ2n) is 25.2. The van der Waals surface area contributed by atoms with E-state index in [1.165, 1.54) is 86.8 Å². The summed E-state index contributed by atoms with van der Waals surface area (Å²) in [5.74, 6) is -12.2. The average Bonchev–Trinajstić information content (AvgIpc) is 0.765. The zero-order valence-corrected chi connectivity index (χ0v) is 57.3. The van der Waals surface area contributed by atoms with Crippen molar-refractivity contribution in [2.24, 2.45) is 17.6 Å². The number of nitrogens with one attached hydrogen (secondary N) is 4. The number of ether oxygens (including phenoxy) is 7. The highest BCUT2D eigenvalue weighted by molar-refractivity contribution is 6.32. The SMILES string of the molecule is C=CCOC(=O)N(C)[C@H](CC(C)C)C(=O)N[C@H]1C(=O)C[C@@H](CN)C(=O)N[C@H]2C(=O)C[C@H]3C(=O)N[C@@H](C(=O)N[C@H](C(C)=O)c4cc(C)cc(OCC=C)c4-c4cc3ccc4OCC=C)[C@H](O)c3ccc(c(Cl)c3)Oc3cc2cc(c3OC2OC(CO)C(O)C(O)C2O)Oc2ccc(cc2Cl)[C@H]1O. The summed E-state index contributed by atoms with van der Waals surface area (Å²) in [6.45, 7) is 15.8. The van der Waals surface area contributed by atoms with E-state index in [0.717, 1.165) is 17.0 Å². The van der Waals surface area contributed by atoms with Gasteiger partial charge < -0.3 is 90.8 Å². The fraction of sp³-hybridized carbons (Fsp3) is 0.389. The van der Waals surface area contributed by atoms with Crippen LogP contribution in [-0.2, 0) is 43.0 Å². The fourth-order valence-corrected chi connectivity index (χ4v) is 12.7. The molecule has 6 heterocycles. The van der Waals surface area contributed by atoms with E-state index < -0.39 is 175 Å². The lowest BCUT2D eigenvalue weighted by Crippen LogP contribution is -2.60. The number of aryl methyl sites for hydroxylation is 1. The van der Waals surface area contributed by atoms with Crippen molar-refractivity contribution in [1.29, 1.82) is 0 Å². The molecular weight excluding hydrogens is 1360 g/mol. The molecule has 11 rings (SSSR count). The maximum Gasteiger partial charge on any atom is 0.410 e. The zero-order chi connectivity index (χ0) is 73.4. The Balaban J connectivity index is 1.31. The molecule has 0 aliphatic carbocycles. The van der Waals surface area contributed by atoms with Crippen LogP contribution in [0.5, 0.6) is 40.2 Å². The van der Waals surface area contributed by atoms with E-state index in [0.29, 0.717) is 5.56 Å². The van der Waals surface area contributed by atoms with Gasteiger partial charge in [-0.3, -0.25) is 38.5 Å². The molecule has 538 valence electrons. The molecule has 5 aromatic carbocycles. The van der Waals surface area contributed by atoms with Gasteiger partial charge in [0.2, 0.25) is 35.7 Å². The first-order valence-electron chi connectivity index (χ1n) is 32.3. The third-order valence-corrected chi connectivity index (χ3v) is 18.1. The molecule has 0 spiro atoms. The molecule has 0 aromatic heterocycles. The van der Waals surface area contributed by atoms with E-state index in [4.69, 9.17) is 62.1 Å². The van der Waals surface area contributed by atoms with Gasteiger partial charge in [0, 0.05) is 37.6 Å². The van der Waals surface area contributed by atoms with E-state index in [1.54, 1.807) is 32.9 Å². The highest BCUT2D eigenvalue weighted by atomic mass is 35.5. The molecule has 5 aromatic rings. The molecule has 6 aliphatic rings. The number of rotatable bonds is 18. The number of likely N-dealkylation sites (N-methyl/N-ethyl adjacent to an activating group) is 1. The number of benzene rings is 5. The molecule has 11 bridgehead atoms. The van der Waals surface area contributed by atoms with Gasteiger partial charge in [-0.1, -0.05) is 99.3 Å². The maximum absolute atomic E-state index is 16.3. The molecule has 6 aliphatic heterocycles. The minimum absolute atomic E-state index is 0.0240. The van der Waals surface area contributed by atoms with Gasteiger partial charge in [-0.2, -0.15) is 0 Å². The Morgan fingerprint density at radius 3 is 1.91 bits per heavy atom. The van der Waals surface area contributed by atoms with Crippen LogP contribution in [0.25, 0.3) is 11.1 Å². The van der Waals surface area contributed by atoms with Crippen LogP contribution in [0.4, 0.5) is 4.79 Å². The molecule has 12 N–H and O–H groups in total. The normalized spacial score (nSPS) is 24.7. The van der Waals surface area contributed by atoms with Gasteiger partial charge in [0.25, 0.3) is 0 Å². The van der Waals surface area contributed by atoms with E-state index >= 15 is 24.0 Å². The molecule has 0 radical (unpaired) electrons. The fourth-order valence-electron chi connectivity index (χ4n) is 12.2. The van der Waals surface area contributed by atoms with Gasteiger partial charge in [-0.15, -0.1) is 0 Å². The van der Waals surface area contributed by atoms with Crippen LogP contribution in [0.2, 0.25) is 10.0 Å². The monoisotopic (exact) mass is 1430 g/mol. The first-order chi connectivity index (χ1) is 48.1. The van der Waals surface area contributed by atoms with Gasteiger partial charge in [0.15, 0.2) is 28.8 Å². The molecule has 14 atom stereocenters. The molecule has 1 saturated heterocycles. The summed E-state index contributed by atoms with van der Waals surface area (Å²) in [5, 5.41) is 78.8. The van der Waals surface area contributed by atoms with Crippen LogP contribution < -0.4 is 50.7 Å². The number of nitrogens with two attached hydrogens (primary N) is 1. The lowest BCUT2D eigenvalue weighted by molar-refractivity contribution is -0.277. The van der Waals surface area contributed by atoms with Crippen LogP contribution in [-0.4, -0.2) is 171 Å². The van der Waals surface area contributed by atoms with Gasteiger partial charge in [0.1, 0.15) is 110 Å². The summed E-state index contributed by atoms with van der Waals surface area (Å²) in [6.07, 6.45) is -12.0. The van der Waals surface area contributed by atoms with Crippen LogP contribution in [0, 0.1) is 18.8 Å². The van der Waals surface area contributed by atoms with Crippen LogP contribution >= 0.6 is 23.2 Å². The number of halogens is 2. The number of hydrogen-bond donors (Lipinski definition) is 11. The predicted molar refractivity (Wildman–Crippen MR) is 365 cm³/mol. The van der Waals surface area contributed by atoms with E-state index in [9.17, 15) is 45.0 Å². The molecule has 29 heteroatoms. The Labute approximate surface area is 591 Å². The Hall–Kier alpha value is -9.26. The molecule has 1 fully saturated rings. The minimum Gasteiger partial charge on any atom is -0.489 e. The lowest BCUT2D eigenvalue weighted by Gasteiger charge is -2.39. The van der Waals surface area contributed by atoms with E-state index in [-0.39, 0.29) is 104 Å². The van der Waals surface area contributed by atoms with E-state index in [2.05, 4.69) is 41.0 Å². The number of nitrogens with zero attached hydrogens (tertiary/aromatic N) is 1. The summed E-state index contributed by atoms with van der Waals surface area (Å²) in [7, 11) is 1.30. The molecule has 27 nitrogen and oxygen atoms in total. The number of hydrogen-bond acceptors (Lipinski definition) is 22. The van der Waals surface area contributed by atoms with Gasteiger partial charge in [0.05, 0.1) is 28.5 Å². The van der Waals surface area contributed by atoms with Gasteiger partial charge in [-0.25, -0.2) is 4.79 Å². The van der Waals surface area contributed by atoms with Crippen molar-refractivity contribution in [2.45, 2.75) is 126 Å². The second-order valence-corrected chi connectivity index (χ2v) is 26.0. The van der Waals surface area contributed by atoms with E-state index in [1.807, 2.05) is 0 Å². The van der Waals surface area contributed by atoms with Crippen LogP contribution in [0.15, 0.2) is 117 Å². The summed E-state index contributed by atoms with van der Waals surface area (Å²) in [6, 6.07) is 8.72. The molecular formula is C72H80Cl2N6O21. The number of carbonyl (C=O) groups excluding carboxylic acids is 8. The maximum atomic E-state index is 16.3. The Morgan fingerprint density at radius 2 is 1.33 bits per heavy atom. The standard InChI is InChI=1S/C72H80Cl2N6O21/c1-9-18-95-49-15-12-36-24-42(49)56-43(22-34(6)23-52(56)96-19-10-2)57(35(7)82)76-70(93)60-62(86)38-14-17-51(45(74)26-38)99-54-29-39-28-53(66(54)101-71-65(89)64(88)63(87)55(32-81)100-71)98-50-16-13-37(25-44(50)73)61(85)59(78-69(92)46(21-33(4)5)80(8)72(94)97-20-11-3)47(83)27-40(31-75)67(90)77-58(39)48(84)30-41(36)68(91)79-60/h9-17,22-26,28-29,33,40-41,46,55,57-65,71,81,85-89H,1-3,18-21,27,30-32,75H2,4-8H3,(H,76,93)(H,77,90)(H,78,92)(H,79,91)/t40-,41+,46+,55?,57+,58+,59-,60+,61+,62+,63?,64?,65?,71?/m0/s1. The van der Waals surface area contributed by atoms with Crippen LogP contribution in [0.3, 0.4) is 0 Å². The summed E-state index contributed by atoms with van der Waals surface area (Å²) < 4.78 is 43.1. The molecule has 101 heavy (non-hydrogen) atoms. The number of ketones is 3. The highest BCUT2D eigenvalue weighted by Crippen LogP contribution is 2.50. The van der Waals surface area contributed by atoms with Gasteiger partial charge >= 0.3 is 6.09 Å². The third-order valence-electron chi connectivity index (χ3n) is 17.5. The van der Waals surface area contributed by atoms with Crippen molar-refractivity contribution >= 4 is 70.3 Å². The van der Waals surface area contributed by atoms with Crippen molar-refractivity contribution in [3.05, 3.63) is 160 Å². The number of Topliss-reactive ketones (excluding diaryl/α,β-unsaturated/α-hetero) is 3. The van der Waals surface area contributed by atoms with Crippen molar-refractivity contribution in [1.82, 2.24) is 26.2 Å². The zero-order valence-electron chi connectivity index (χ0n) is 55.8. The third kappa shape index (κ3) is 16.9. The molecule has 0 saturated carbocycles. The predicted octanol–water partition coefficient (Wildman–Crippen LogP) is 5.79. The second kappa shape index (κ2) is 33.0. The summed E-state index contributed by atoms with van der Waals surface area (Å²) in [5.41, 5.74) is 7.09. The quantitative estimate of drug-likeness (QED) is 0.0462. The summed E-state index contributed by atoms with van der Waals surface area (Å²) in [4.78, 5) is 121. The smallest absolute Gasteiger partial charge is 0.410 e. The number of aliphatic hydroxyl groups excluding tert-OH is 6. The van der Waals surface area contributed by atoms with Crippen LogP contribution in [0.1, 0.15) is 104 Å². The number of amides is 5. The largest absolute Gasteiger partial charge is 0.489 e. The Bertz CT molecular complexity index is 4040. The first-order valence-corrected chi connectivity index (χ1v) is 33.1. The first kappa shape index (κ1) is 75.9. The van der Waals surface area contributed by atoms with Crippen molar-refractivity contribution in [3.63, 3.8) is 0 Å². The molecule has 5 unspecified atom stereocenters. The Kier molecular flexibility index (Phi) is 24.8. The number of fused-ring (bicyclic) bond motifs is 15. The molecule has 5 amide bonds. The van der Waals surface area contributed by atoms with Crippen molar-refractivity contribution in [2.75, 3.05) is 40.0 Å². The average molecular weight is 1440 g/mol. The van der Waals surface area contributed by atoms with Crippen molar-refractivity contribution < 1.29 is 102 Å². The topological polar surface area (TPSA) is 400 Å². The summed E-state index contributed by atoms with van der Waals surface area (Å²) >= 11 is 14.2. The number of carbonyl (C=O) groups is 8. The van der Waals surface area contributed by atoms with Crippen molar-refractivity contribution in [3.8, 4) is 51.4 Å². The Morgan fingerprint density at radius 1 is 0.713 bits per heavy atom. The number of aliphatic hydroxyl groups is 6. The minimum atomic E-state index is -2.10. The van der Waals surface area contributed by atoms with Gasteiger partial charge in [-0.05, 0) is 114 Å².